The summed E-state index contributed by atoms with van der Waals surface area (Å²) < 4.78 is 68.4. The maximum atomic E-state index is 13.1. The van der Waals surface area contributed by atoms with Gasteiger partial charge in [-0.05, 0) is 37.5 Å². The lowest BCUT2D eigenvalue weighted by Gasteiger charge is -2.21. The third kappa shape index (κ3) is 64.1. The van der Waals surface area contributed by atoms with Crippen molar-refractivity contribution in [1.82, 2.24) is 0 Å². The highest BCUT2D eigenvalue weighted by Crippen LogP contribution is 2.45. The Bertz CT molecular complexity index is 1790. The number of esters is 4. The molecule has 0 aliphatic heterocycles. The zero-order valence-electron chi connectivity index (χ0n) is 59.9. The molecule has 546 valence electrons. The van der Waals surface area contributed by atoms with E-state index in [-0.39, 0.29) is 25.7 Å². The smallest absolute Gasteiger partial charge is 0.462 e. The number of aliphatic hydroxyl groups is 1. The van der Waals surface area contributed by atoms with Crippen molar-refractivity contribution in [1.29, 1.82) is 0 Å². The second-order valence-electron chi connectivity index (χ2n) is 26.8. The normalized spacial score (nSPS) is 14.7. The highest BCUT2D eigenvalue weighted by atomic mass is 31.2. The third-order valence-electron chi connectivity index (χ3n) is 17.7. The number of phosphoric acid groups is 2. The summed E-state index contributed by atoms with van der Waals surface area (Å²) in [5, 5.41) is 10.6. The summed E-state index contributed by atoms with van der Waals surface area (Å²) in [6.07, 6.45) is 51.3. The Morgan fingerprint density at radius 2 is 0.522 bits per heavy atom. The Balaban J connectivity index is 5.24. The van der Waals surface area contributed by atoms with E-state index in [0.717, 1.165) is 108 Å². The molecule has 0 fully saturated rings. The summed E-state index contributed by atoms with van der Waals surface area (Å²) in [6.45, 7) is 9.54. The molecule has 0 radical (unpaired) electrons. The summed E-state index contributed by atoms with van der Waals surface area (Å²) in [4.78, 5) is 72.7. The van der Waals surface area contributed by atoms with Crippen molar-refractivity contribution in [2.45, 2.75) is 394 Å². The van der Waals surface area contributed by atoms with E-state index < -0.39 is 97.5 Å². The SMILES string of the molecule is CCCCCCCCCCCCCCCCCCCCC(=O)O[C@H](COC(=O)CCCCCCCCCCC(C)CC)COP(=O)(O)OC[C@@H](O)COP(=O)(O)OC[C@@H](COC(=O)CCCCCCCCC(C)CC)OC(=O)CCCCCCCCCCCCCC. The monoisotopic (exact) mass is 1350 g/mol. The molecule has 0 saturated heterocycles. The van der Waals surface area contributed by atoms with Gasteiger partial charge < -0.3 is 33.8 Å². The van der Waals surface area contributed by atoms with Crippen molar-refractivity contribution in [3.63, 3.8) is 0 Å². The topological polar surface area (TPSA) is 237 Å². The van der Waals surface area contributed by atoms with Gasteiger partial charge in [-0.2, -0.15) is 0 Å². The van der Waals surface area contributed by atoms with Gasteiger partial charge in [0.15, 0.2) is 12.2 Å². The van der Waals surface area contributed by atoms with Crippen molar-refractivity contribution in [3.8, 4) is 0 Å². The number of unbranched alkanes of at least 4 members (excludes halogenated alkanes) is 40. The standard InChI is InChI=1S/C73H142O17P2/c1-7-11-13-15-17-19-21-23-24-25-26-27-28-30-32-38-46-52-58-73(78)89-68(61-83-70(75)55-49-43-36-34-33-35-41-47-53-65(5)9-3)63-87-91(79,80)85-59-67(74)60-86-92(81,82)88-64-69(62-84-71(76)56-50-44-40-39-42-48-54-66(6)10-4)90-72(77)57-51-45-37-31-29-22-20-18-16-14-12-8-2/h65-69,74H,7-64H2,1-6H3,(H,79,80)(H,81,82)/t65?,66?,67-,68-,69-/m1/s1. The Labute approximate surface area is 562 Å². The molecule has 92 heavy (non-hydrogen) atoms. The van der Waals surface area contributed by atoms with Gasteiger partial charge in [-0.15, -0.1) is 0 Å². The fourth-order valence-corrected chi connectivity index (χ4v) is 12.6. The minimum atomic E-state index is -4.95. The molecule has 0 heterocycles. The van der Waals surface area contributed by atoms with Gasteiger partial charge >= 0.3 is 39.5 Å². The van der Waals surface area contributed by atoms with Crippen molar-refractivity contribution in [2.75, 3.05) is 39.6 Å². The van der Waals surface area contributed by atoms with Crippen LogP contribution >= 0.6 is 15.6 Å². The molecule has 7 atom stereocenters. The van der Waals surface area contributed by atoms with Crippen molar-refractivity contribution in [3.05, 3.63) is 0 Å². The first kappa shape index (κ1) is 90.1. The molecule has 19 heteroatoms. The van der Waals surface area contributed by atoms with Gasteiger partial charge in [0.2, 0.25) is 0 Å². The van der Waals surface area contributed by atoms with E-state index in [9.17, 15) is 43.2 Å². The molecule has 17 nitrogen and oxygen atoms in total. The summed E-state index contributed by atoms with van der Waals surface area (Å²) in [5.74, 6) is -0.612. The van der Waals surface area contributed by atoms with Crippen molar-refractivity contribution >= 4 is 39.5 Å². The van der Waals surface area contributed by atoms with Crippen LogP contribution in [0.5, 0.6) is 0 Å². The maximum absolute atomic E-state index is 13.1. The van der Waals surface area contributed by atoms with Crippen LogP contribution < -0.4 is 0 Å². The first-order valence-corrected chi connectivity index (χ1v) is 41.1. The fraction of sp³-hybridized carbons (Fsp3) is 0.945. The number of hydrogen-bond acceptors (Lipinski definition) is 15. The van der Waals surface area contributed by atoms with Gasteiger partial charge in [-0.25, -0.2) is 9.13 Å². The van der Waals surface area contributed by atoms with Crippen LogP contribution in [-0.2, 0) is 65.4 Å². The average molecular weight is 1350 g/mol. The van der Waals surface area contributed by atoms with E-state index in [1.54, 1.807) is 0 Å². The minimum absolute atomic E-state index is 0.106. The Kier molecular flexibility index (Phi) is 63.7. The van der Waals surface area contributed by atoms with Gasteiger partial charge in [-0.1, -0.05) is 324 Å². The summed E-state index contributed by atoms with van der Waals surface area (Å²) in [7, 11) is -9.91. The highest BCUT2D eigenvalue weighted by molar-refractivity contribution is 7.47. The molecule has 0 aliphatic rings. The Hall–Kier alpha value is -1.94. The summed E-state index contributed by atoms with van der Waals surface area (Å²) >= 11 is 0. The van der Waals surface area contributed by atoms with Gasteiger partial charge in [0.05, 0.1) is 26.4 Å². The molecule has 0 aromatic rings. The lowest BCUT2D eigenvalue weighted by molar-refractivity contribution is -0.161. The molecule has 0 aliphatic carbocycles. The first-order valence-electron chi connectivity index (χ1n) is 38.1. The number of aliphatic hydroxyl groups excluding tert-OH is 1. The summed E-state index contributed by atoms with van der Waals surface area (Å²) in [6, 6.07) is 0. The molecule has 0 aromatic carbocycles. The molecule has 0 saturated carbocycles. The van der Waals surface area contributed by atoms with E-state index in [1.807, 2.05) is 0 Å². The van der Waals surface area contributed by atoms with E-state index >= 15 is 0 Å². The van der Waals surface area contributed by atoms with Crippen LogP contribution in [0, 0.1) is 11.8 Å². The predicted molar refractivity (Wildman–Crippen MR) is 372 cm³/mol. The number of carbonyl (C=O) groups excluding carboxylic acids is 4. The molecule has 3 N–H and O–H groups in total. The molecule has 0 aromatic heterocycles. The van der Waals surface area contributed by atoms with Crippen LogP contribution in [0.25, 0.3) is 0 Å². The largest absolute Gasteiger partial charge is 0.472 e. The van der Waals surface area contributed by atoms with Crippen molar-refractivity contribution < 1.29 is 80.2 Å². The number of phosphoric ester groups is 2. The van der Waals surface area contributed by atoms with Crippen LogP contribution in [-0.4, -0.2) is 96.7 Å². The molecular weight excluding hydrogens is 1210 g/mol. The average Bonchev–Trinajstić information content (AvgIpc) is 1.95. The zero-order chi connectivity index (χ0) is 67.9. The van der Waals surface area contributed by atoms with Gasteiger partial charge in [0.25, 0.3) is 0 Å². The first-order chi connectivity index (χ1) is 44.4. The molecule has 4 unspecified atom stereocenters. The molecule has 0 bridgehead atoms. The van der Waals surface area contributed by atoms with Crippen LogP contribution in [0.15, 0.2) is 0 Å². The lowest BCUT2D eigenvalue weighted by atomic mass is 9.99. The Morgan fingerprint density at radius 3 is 0.772 bits per heavy atom. The number of rotatable bonds is 72. The van der Waals surface area contributed by atoms with E-state index in [4.69, 9.17) is 37.0 Å². The maximum Gasteiger partial charge on any atom is 0.472 e. The second kappa shape index (κ2) is 65.0. The molecule has 0 spiro atoms. The highest BCUT2D eigenvalue weighted by Gasteiger charge is 2.30. The molecule has 0 amide bonds. The van der Waals surface area contributed by atoms with E-state index in [1.165, 1.54) is 186 Å². The second-order valence-corrected chi connectivity index (χ2v) is 29.7. The van der Waals surface area contributed by atoms with Gasteiger partial charge in [0, 0.05) is 25.7 Å². The predicted octanol–water partition coefficient (Wildman–Crippen LogP) is 21.2. The fourth-order valence-electron chi connectivity index (χ4n) is 11.1. The van der Waals surface area contributed by atoms with E-state index in [0.29, 0.717) is 25.7 Å². The zero-order valence-corrected chi connectivity index (χ0v) is 61.6. The molecule has 0 rings (SSSR count). The van der Waals surface area contributed by atoms with Crippen LogP contribution in [0.2, 0.25) is 0 Å². The molecular formula is C73H142O17P2. The lowest BCUT2D eigenvalue weighted by Crippen LogP contribution is -2.30. The van der Waals surface area contributed by atoms with Crippen LogP contribution in [0.1, 0.15) is 375 Å². The van der Waals surface area contributed by atoms with Crippen molar-refractivity contribution in [2.24, 2.45) is 11.8 Å². The summed E-state index contributed by atoms with van der Waals surface area (Å²) in [5.41, 5.74) is 0. The number of ether oxygens (including phenoxy) is 4. The van der Waals surface area contributed by atoms with E-state index in [2.05, 4.69) is 41.5 Å². The third-order valence-corrected chi connectivity index (χ3v) is 19.6. The van der Waals surface area contributed by atoms with Crippen LogP contribution in [0.3, 0.4) is 0 Å². The van der Waals surface area contributed by atoms with Gasteiger partial charge in [-0.3, -0.25) is 37.3 Å². The number of carbonyl (C=O) groups is 4. The van der Waals surface area contributed by atoms with Crippen LogP contribution in [0.4, 0.5) is 0 Å². The number of hydrogen-bond donors (Lipinski definition) is 3. The minimum Gasteiger partial charge on any atom is -0.462 e. The Morgan fingerprint density at radius 1 is 0.304 bits per heavy atom. The van der Waals surface area contributed by atoms with Gasteiger partial charge in [0.1, 0.15) is 19.3 Å². The quantitative estimate of drug-likeness (QED) is 0.0222.